The number of carbonyl (C=O) groups excluding carboxylic acids is 1. The molecule has 0 N–H and O–H groups in total. The average Bonchev–Trinajstić information content (AvgIpc) is 2.80. The summed E-state index contributed by atoms with van der Waals surface area (Å²) >= 11 is 0. The molecule has 0 aliphatic heterocycles. The lowest BCUT2D eigenvalue weighted by molar-refractivity contribution is -0.149. The van der Waals surface area contributed by atoms with Crippen LogP contribution in [0, 0.1) is 23.6 Å². The Labute approximate surface area is 113 Å². The Balaban J connectivity index is 1.92. The van der Waals surface area contributed by atoms with Crippen molar-refractivity contribution in [1.82, 2.24) is 0 Å². The summed E-state index contributed by atoms with van der Waals surface area (Å²) in [4.78, 5) is 12.1. The number of esters is 1. The van der Waals surface area contributed by atoms with Gasteiger partial charge >= 0.3 is 5.97 Å². The molecule has 0 saturated heterocycles. The van der Waals surface area contributed by atoms with E-state index in [1.165, 1.54) is 25.7 Å². The number of carbonyl (C=O) groups is 1. The first-order valence-corrected chi connectivity index (χ1v) is 7.02. The van der Waals surface area contributed by atoms with Gasteiger partial charge in [0.05, 0.1) is 13.0 Å². The molecule has 0 radical (unpaired) electrons. The minimum Gasteiger partial charge on any atom is -0.469 e. The van der Waals surface area contributed by atoms with Gasteiger partial charge in [0.15, 0.2) is 0 Å². The minimum atomic E-state index is -0.225. The molecule has 3 heteroatoms. The van der Waals surface area contributed by atoms with Crippen LogP contribution in [0.3, 0.4) is 0 Å². The molecule has 2 aliphatic rings. The van der Waals surface area contributed by atoms with Crippen LogP contribution in [0.5, 0.6) is 0 Å². The number of ether oxygens (including phenoxy) is 1. The predicted molar refractivity (Wildman–Crippen MR) is 70.1 cm³/mol. The van der Waals surface area contributed by atoms with E-state index < -0.39 is 0 Å². The van der Waals surface area contributed by atoms with Crippen molar-refractivity contribution in [3.05, 3.63) is 35.6 Å². The van der Waals surface area contributed by atoms with Gasteiger partial charge in [-0.3, -0.25) is 4.79 Å². The molecule has 0 aromatic heterocycles. The van der Waals surface area contributed by atoms with Gasteiger partial charge in [-0.25, -0.2) is 4.39 Å². The SMILES string of the molecule is COC(=O)[C@@H]1[C@H]2CC[C@@H](C2)C[C@@H]1c1ccc(F)cc1. The average molecular weight is 262 g/mol. The third-order valence-corrected chi connectivity index (χ3v) is 4.88. The van der Waals surface area contributed by atoms with E-state index in [-0.39, 0.29) is 23.6 Å². The fourth-order valence-electron chi connectivity index (χ4n) is 4.03. The summed E-state index contributed by atoms with van der Waals surface area (Å²) in [6.45, 7) is 0. The van der Waals surface area contributed by atoms with E-state index in [4.69, 9.17) is 4.74 Å². The van der Waals surface area contributed by atoms with Crippen LogP contribution in [0.15, 0.2) is 24.3 Å². The van der Waals surface area contributed by atoms with Crippen LogP contribution in [0.1, 0.15) is 37.2 Å². The summed E-state index contributed by atoms with van der Waals surface area (Å²) in [5, 5.41) is 0. The number of benzene rings is 1. The lowest BCUT2D eigenvalue weighted by Crippen LogP contribution is -2.33. The Hall–Kier alpha value is -1.38. The molecule has 2 aliphatic carbocycles. The highest BCUT2D eigenvalue weighted by Crippen LogP contribution is 2.52. The second kappa shape index (κ2) is 4.95. The van der Waals surface area contributed by atoms with Crippen molar-refractivity contribution in [3.63, 3.8) is 0 Å². The van der Waals surface area contributed by atoms with E-state index in [1.54, 1.807) is 0 Å². The zero-order valence-corrected chi connectivity index (χ0v) is 11.1. The van der Waals surface area contributed by atoms with Crippen molar-refractivity contribution >= 4 is 5.97 Å². The molecular weight excluding hydrogens is 243 g/mol. The van der Waals surface area contributed by atoms with E-state index in [0.29, 0.717) is 5.92 Å². The zero-order valence-electron chi connectivity index (χ0n) is 11.1. The first kappa shape index (κ1) is 12.6. The van der Waals surface area contributed by atoms with Gasteiger partial charge in [-0.1, -0.05) is 18.6 Å². The van der Waals surface area contributed by atoms with Gasteiger partial charge in [0.25, 0.3) is 0 Å². The molecule has 19 heavy (non-hydrogen) atoms. The molecule has 0 spiro atoms. The van der Waals surface area contributed by atoms with Crippen LogP contribution < -0.4 is 0 Å². The molecule has 0 unspecified atom stereocenters. The van der Waals surface area contributed by atoms with Crippen LogP contribution in [-0.4, -0.2) is 13.1 Å². The second-order valence-electron chi connectivity index (χ2n) is 5.88. The molecule has 1 aromatic carbocycles. The molecule has 1 aromatic rings. The third kappa shape index (κ3) is 2.26. The Morgan fingerprint density at radius 3 is 2.63 bits per heavy atom. The van der Waals surface area contributed by atoms with Crippen LogP contribution in [-0.2, 0) is 9.53 Å². The van der Waals surface area contributed by atoms with E-state index in [9.17, 15) is 9.18 Å². The molecule has 0 heterocycles. The quantitative estimate of drug-likeness (QED) is 0.762. The molecule has 2 bridgehead atoms. The summed E-state index contributed by atoms with van der Waals surface area (Å²) in [6, 6.07) is 6.61. The Morgan fingerprint density at radius 1 is 1.21 bits per heavy atom. The Kier molecular flexibility index (Phi) is 3.29. The molecule has 0 amide bonds. The minimum absolute atomic E-state index is 0.0470. The molecule has 2 nitrogen and oxygen atoms in total. The number of fused-ring (bicyclic) bond motifs is 2. The topological polar surface area (TPSA) is 26.3 Å². The van der Waals surface area contributed by atoms with Crippen molar-refractivity contribution in [1.29, 1.82) is 0 Å². The van der Waals surface area contributed by atoms with Gasteiger partial charge in [-0.05, 0) is 54.7 Å². The molecule has 2 fully saturated rings. The third-order valence-electron chi connectivity index (χ3n) is 4.88. The second-order valence-corrected chi connectivity index (χ2v) is 5.88. The van der Waals surface area contributed by atoms with Crippen molar-refractivity contribution < 1.29 is 13.9 Å². The lowest BCUT2D eigenvalue weighted by Gasteiger charge is -2.35. The number of hydrogen-bond acceptors (Lipinski definition) is 2. The molecule has 2 saturated carbocycles. The van der Waals surface area contributed by atoms with Gasteiger partial charge in [0.1, 0.15) is 5.82 Å². The fraction of sp³-hybridized carbons (Fsp3) is 0.562. The van der Waals surface area contributed by atoms with Crippen LogP contribution in [0.4, 0.5) is 4.39 Å². The van der Waals surface area contributed by atoms with Gasteiger partial charge in [0.2, 0.25) is 0 Å². The summed E-state index contributed by atoms with van der Waals surface area (Å²) in [6.07, 6.45) is 4.53. The van der Waals surface area contributed by atoms with E-state index in [0.717, 1.165) is 30.7 Å². The predicted octanol–water partition coefficient (Wildman–Crippen LogP) is 3.52. The fourth-order valence-corrected chi connectivity index (χ4v) is 4.03. The molecule has 4 atom stereocenters. The van der Waals surface area contributed by atoms with Crippen molar-refractivity contribution in [2.75, 3.05) is 7.11 Å². The highest BCUT2D eigenvalue weighted by Gasteiger charge is 2.46. The maximum absolute atomic E-state index is 13.0. The molecular formula is C16H19FO2. The molecule has 3 rings (SSSR count). The van der Waals surface area contributed by atoms with E-state index in [1.807, 2.05) is 12.1 Å². The number of hydrogen-bond donors (Lipinski definition) is 0. The van der Waals surface area contributed by atoms with Crippen LogP contribution >= 0.6 is 0 Å². The molecule has 102 valence electrons. The number of methoxy groups -OCH3 is 1. The first-order chi connectivity index (χ1) is 9.19. The summed E-state index contributed by atoms with van der Waals surface area (Å²) in [5.41, 5.74) is 1.08. The van der Waals surface area contributed by atoms with Crippen molar-refractivity contribution in [2.45, 2.75) is 31.6 Å². The van der Waals surface area contributed by atoms with Gasteiger partial charge in [0, 0.05) is 0 Å². The highest BCUT2D eigenvalue weighted by molar-refractivity contribution is 5.74. The number of halogens is 1. The number of rotatable bonds is 2. The van der Waals surface area contributed by atoms with Crippen molar-refractivity contribution in [3.8, 4) is 0 Å². The van der Waals surface area contributed by atoms with Crippen LogP contribution in [0.2, 0.25) is 0 Å². The Bertz CT molecular complexity index is 468. The van der Waals surface area contributed by atoms with Gasteiger partial charge < -0.3 is 4.74 Å². The smallest absolute Gasteiger partial charge is 0.309 e. The lowest BCUT2D eigenvalue weighted by atomic mass is 9.69. The van der Waals surface area contributed by atoms with E-state index in [2.05, 4.69) is 0 Å². The Morgan fingerprint density at radius 2 is 1.95 bits per heavy atom. The van der Waals surface area contributed by atoms with E-state index >= 15 is 0 Å². The zero-order chi connectivity index (χ0) is 13.4. The largest absolute Gasteiger partial charge is 0.469 e. The van der Waals surface area contributed by atoms with Gasteiger partial charge in [-0.2, -0.15) is 0 Å². The maximum atomic E-state index is 13.0. The summed E-state index contributed by atoms with van der Waals surface area (Å²) in [5.74, 6) is 0.993. The summed E-state index contributed by atoms with van der Waals surface area (Å²) in [7, 11) is 1.46. The van der Waals surface area contributed by atoms with Crippen molar-refractivity contribution in [2.24, 2.45) is 17.8 Å². The monoisotopic (exact) mass is 262 g/mol. The van der Waals surface area contributed by atoms with Gasteiger partial charge in [-0.15, -0.1) is 0 Å². The first-order valence-electron chi connectivity index (χ1n) is 7.02. The highest BCUT2D eigenvalue weighted by atomic mass is 19.1. The summed E-state index contributed by atoms with van der Waals surface area (Å²) < 4.78 is 18.1. The maximum Gasteiger partial charge on any atom is 0.309 e. The van der Waals surface area contributed by atoms with Crippen LogP contribution in [0.25, 0.3) is 0 Å². The normalized spacial score (nSPS) is 33.2. The standard InChI is InChI=1S/C16H19FO2/c1-19-16(18)15-12-3-2-10(8-12)9-14(15)11-4-6-13(17)7-5-11/h4-7,10,12,14-15H,2-3,8-9H2,1H3/t10-,12-,14+,15+/m0/s1.